The SMILES string of the molecule is C=C(N)NCC(=O)C(C)C.C=C(N)NCCC(=O)C(C)C.C=C(N)NCCCC(=O)C(C)C.C=C(N)NCCCCC(=O)C(C)C.C=C(N)NCCCCCC(=O)C(C)C. The first-order valence-electron chi connectivity index (χ1n) is 21.2. The normalized spacial score (nSPS) is 9.92. The Morgan fingerprint density at radius 1 is 0.333 bits per heavy atom. The Hall–Kier alpha value is -4.95. The van der Waals surface area contributed by atoms with Gasteiger partial charge in [-0.1, -0.05) is 109 Å². The average molecular weight is 851 g/mol. The summed E-state index contributed by atoms with van der Waals surface area (Å²) in [7, 11) is 0. The zero-order valence-electron chi connectivity index (χ0n) is 39.5. The number of ketones is 5. The number of hydrogen-bond acceptors (Lipinski definition) is 15. The van der Waals surface area contributed by atoms with Crippen LogP contribution in [0.25, 0.3) is 0 Å². The Bertz CT molecular complexity index is 1260. The third-order valence-corrected chi connectivity index (χ3v) is 8.04. The van der Waals surface area contributed by atoms with Crippen molar-refractivity contribution in [2.24, 2.45) is 58.3 Å². The summed E-state index contributed by atoms with van der Waals surface area (Å²) in [5, 5.41) is 14.2. The highest BCUT2D eigenvalue weighted by atomic mass is 16.1. The van der Waals surface area contributed by atoms with Crippen molar-refractivity contribution in [3.8, 4) is 0 Å². The molecule has 15 N–H and O–H groups in total. The number of hydrogen-bond donors (Lipinski definition) is 10. The summed E-state index contributed by atoms with van der Waals surface area (Å²) in [4.78, 5) is 55.4. The van der Waals surface area contributed by atoms with E-state index >= 15 is 0 Å². The third kappa shape index (κ3) is 57.4. The maximum Gasteiger partial charge on any atom is 0.154 e. The largest absolute Gasteiger partial charge is 0.386 e. The van der Waals surface area contributed by atoms with Crippen LogP contribution in [0.2, 0.25) is 0 Å². The van der Waals surface area contributed by atoms with Crippen molar-refractivity contribution in [2.75, 3.05) is 32.7 Å². The summed E-state index contributed by atoms with van der Waals surface area (Å²) in [6.07, 6.45) is 8.35. The molecule has 0 fully saturated rings. The van der Waals surface area contributed by atoms with Gasteiger partial charge in [0.15, 0.2) is 5.78 Å². The highest BCUT2D eigenvalue weighted by molar-refractivity contribution is 5.82. The van der Waals surface area contributed by atoms with Gasteiger partial charge in [-0.2, -0.15) is 0 Å². The van der Waals surface area contributed by atoms with Crippen LogP contribution < -0.4 is 55.3 Å². The molecule has 350 valence electrons. The monoisotopic (exact) mass is 851 g/mol. The van der Waals surface area contributed by atoms with E-state index in [1.807, 2.05) is 69.2 Å². The van der Waals surface area contributed by atoms with E-state index in [-0.39, 0.29) is 47.7 Å². The minimum atomic E-state index is 0.0619. The number of carbonyl (C=O) groups is 5. The summed E-state index contributed by atoms with van der Waals surface area (Å²) in [6.45, 7) is 39.7. The minimum absolute atomic E-state index is 0.0619. The van der Waals surface area contributed by atoms with E-state index < -0.39 is 0 Å². The van der Waals surface area contributed by atoms with E-state index in [4.69, 9.17) is 28.7 Å². The smallest absolute Gasteiger partial charge is 0.154 e. The molecule has 0 bridgehead atoms. The lowest BCUT2D eigenvalue weighted by molar-refractivity contribution is -0.122. The summed E-state index contributed by atoms with van der Waals surface area (Å²) in [5.74, 6) is 4.30. The van der Waals surface area contributed by atoms with Gasteiger partial charge in [0.2, 0.25) is 0 Å². The molecule has 15 heteroatoms. The van der Waals surface area contributed by atoms with Gasteiger partial charge in [-0.05, 0) is 32.1 Å². The molecule has 0 amide bonds. The topological polar surface area (TPSA) is 276 Å². The highest BCUT2D eigenvalue weighted by Gasteiger charge is 2.08. The van der Waals surface area contributed by atoms with Crippen molar-refractivity contribution in [3.63, 3.8) is 0 Å². The van der Waals surface area contributed by atoms with Gasteiger partial charge in [0.25, 0.3) is 0 Å². The van der Waals surface area contributed by atoms with Gasteiger partial charge in [0.1, 0.15) is 23.1 Å². The lowest BCUT2D eigenvalue weighted by atomic mass is 10.0. The molecule has 0 aliphatic carbocycles. The molecule has 0 unspecified atom stereocenters. The lowest BCUT2D eigenvalue weighted by Gasteiger charge is -2.05. The molecule has 0 aromatic heterocycles. The van der Waals surface area contributed by atoms with E-state index in [1.165, 1.54) is 0 Å². The quantitative estimate of drug-likeness (QED) is 0.0423. The van der Waals surface area contributed by atoms with E-state index in [0.717, 1.165) is 58.2 Å². The number of nitrogens with one attached hydrogen (secondary N) is 5. The second kappa shape index (κ2) is 42.2. The van der Waals surface area contributed by atoms with Gasteiger partial charge in [-0.3, -0.25) is 24.0 Å². The first-order chi connectivity index (χ1) is 27.7. The second-order valence-electron chi connectivity index (χ2n) is 15.9. The first-order valence-corrected chi connectivity index (χ1v) is 21.2. The van der Waals surface area contributed by atoms with Gasteiger partial charge in [0.05, 0.1) is 35.6 Å². The standard InChI is InChI=1S/C11H22N2O.C10H20N2O.C9H18N2O.C8H16N2O.C7H14N2O/c1-9(2)11(14)7-5-4-6-8-13-10(3)12;1-8(2)10(13)6-4-5-7-12-9(3)11;1-7(2)9(12)5-4-6-11-8(3)10;1-6(2)8(11)4-5-10-7(3)9;1-5(2)7(10)4-9-6(3)8/h9,13H,3-8,12H2,1-2H3;8,12H,3-7,11H2,1-2H3;7,11H,3-6,10H2,1-2H3;6,10H,3-5,9H2,1-2H3;5,9H,3-4,8H2,1-2H3. The van der Waals surface area contributed by atoms with Crippen molar-refractivity contribution in [3.05, 3.63) is 62.0 Å². The van der Waals surface area contributed by atoms with Gasteiger partial charge in [-0.25, -0.2) is 0 Å². The summed E-state index contributed by atoms with van der Waals surface area (Å²) < 4.78 is 0. The molecule has 0 saturated carbocycles. The molecule has 60 heavy (non-hydrogen) atoms. The van der Waals surface area contributed by atoms with Crippen molar-refractivity contribution >= 4 is 28.9 Å². The molecule has 0 aliphatic heterocycles. The van der Waals surface area contributed by atoms with Crippen LogP contribution in [-0.4, -0.2) is 61.6 Å². The molecular weight excluding hydrogens is 761 g/mol. The van der Waals surface area contributed by atoms with Crippen LogP contribution in [0.15, 0.2) is 62.0 Å². The zero-order chi connectivity index (χ0) is 47.8. The fraction of sp³-hybridized carbons (Fsp3) is 0.667. The van der Waals surface area contributed by atoms with Crippen molar-refractivity contribution in [1.82, 2.24) is 26.6 Å². The number of nitrogens with two attached hydrogens (primary N) is 5. The van der Waals surface area contributed by atoms with Crippen molar-refractivity contribution in [1.29, 1.82) is 0 Å². The van der Waals surface area contributed by atoms with Crippen molar-refractivity contribution in [2.45, 2.75) is 133 Å². The van der Waals surface area contributed by atoms with Crippen LogP contribution in [0.3, 0.4) is 0 Å². The lowest BCUT2D eigenvalue weighted by Crippen LogP contribution is -2.28. The Kier molecular flexibility index (Phi) is 45.1. The fourth-order valence-electron chi connectivity index (χ4n) is 3.94. The fourth-order valence-corrected chi connectivity index (χ4v) is 3.94. The van der Waals surface area contributed by atoms with E-state index in [9.17, 15) is 24.0 Å². The van der Waals surface area contributed by atoms with Crippen LogP contribution in [0.4, 0.5) is 0 Å². The van der Waals surface area contributed by atoms with Crippen molar-refractivity contribution < 1.29 is 24.0 Å². The molecule has 0 radical (unpaired) electrons. The predicted octanol–water partition coefficient (Wildman–Crippen LogP) is 5.06. The van der Waals surface area contributed by atoms with Gasteiger partial charge >= 0.3 is 0 Å². The summed E-state index contributed by atoms with van der Waals surface area (Å²) >= 11 is 0. The Morgan fingerprint density at radius 2 is 0.583 bits per heavy atom. The van der Waals surface area contributed by atoms with Crippen LogP contribution in [0.1, 0.15) is 133 Å². The molecule has 0 aromatic carbocycles. The number of carbonyl (C=O) groups excluding carboxylic acids is 5. The zero-order valence-corrected chi connectivity index (χ0v) is 39.5. The van der Waals surface area contributed by atoms with Crippen LogP contribution in [0, 0.1) is 29.6 Å². The maximum atomic E-state index is 11.2. The number of Topliss-reactive ketones (excluding diaryl/α,β-unsaturated/α-hetero) is 5. The summed E-state index contributed by atoms with van der Waals surface area (Å²) in [6, 6.07) is 0. The summed E-state index contributed by atoms with van der Waals surface area (Å²) in [5.41, 5.74) is 26.3. The van der Waals surface area contributed by atoms with E-state index in [0.29, 0.717) is 78.7 Å². The van der Waals surface area contributed by atoms with Gasteiger partial charge in [0, 0.05) is 81.5 Å². The molecule has 0 aromatic rings. The molecular formula is C45H90N10O5. The predicted molar refractivity (Wildman–Crippen MR) is 252 cm³/mol. The molecule has 0 aliphatic rings. The average Bonchev–Trinajstić information content (AvgIpc) is 3.13. The van der Waals surface area contributed by atoms with Crippen LogP contribution in [0.5, 0.6) is 0 Å². The highest BCUT2D eigenvalue weighted by Crippen LogP contribution is 2.06. The number of unbranched alkanes of at least 4 members (excludes halogenated alkanes) is 3. The van der Waals surface area contributed by atoms with E-state index in [1.54, 1.807) is 0 Å². The Morgan fingerprint density at radius 3 is 0.900 bits per heavy atom. The molecule has 0 rings (SSSR count). The Balaban J connectivity index is -0.000000211. The molecule has 15 nitrogen and oxygen atoms in total. The minimum Gasteiger partial charge on any atom is -0.386 e. The van der Waals surface area contributed by atoms with Crippen LogP contribution in [-0.2, 0) is 24.0 Å². The van der Waals surface area contributed by atoms with Gasteiger partial charge in [-0.15, -0.1) is 0 Å². The molecule has 0 heterocycles. The molecule has 0 atom stereocenters. The maximum absolute atomic E-state index is 11.2. The Labute approximate surface area is 365 Å². The first kappa shape index (κ1) is 64.2. The third-order valence-electron chi connectivity index (χ3n) is 8.04. The van der Waals surface area contributed by atoms with Gasteiger partial charge < -0.3 is 55.3 Å². The number of rotatable bonds is 30. The van der Waals surface area contributed by atoms with E-state index in [2.05, 4.69) is 59.5 Å². The molecule has 0 saturated heterocycles. The molecule has 0 spiro atoms. The second-order valence-corrected chi connectivity index (χ2v) is 15.9. The van der Waals surface area contributed by atoms with Crippen LogP contribution >= 0.6 is 0 Å².